The molecule has 0 aliphatic heterocycles. The minimum absolute atomic E-state index is 0.134. The number of amides is 1. The van der Waals surface area contributed by atoms with E-state index in [0.717, 1.165) is 35.6 Å². The normalized spacial score (nSPS) is 11.2. The predicted octanol–water partition coefficient (Wildman–Crippen LogP) is 3.48. The third-order valence-corrected chi connectivity index (χ3v) is 4.18. The molecular weight excluding hydrogens is 312 g/mol. The van der Waals surface area contributed by atoms with Crippen LogP contribution >= 0.6 is 0 Å². The molecule has 25 heavy (non-hydrogen) atoms. The number of aryl methyl sites for hydroxylation is 1. The van der Waals surface area contributed by atoms with Crippen molar-refractivity contribution in [2.24, 2.45) is 0 Å². The Hall–Kier alpha value is -2.87. The van der Waals surface area contributed by atoms with Crippen molar-refractivity contribution < 1.29 is 4.79 Å². The van der Waals surface area contributed by atoms with Crippen molar-refractivity contribution in [3.63, 3.8) is 0 Å². The molecule has 2 rings (SSSR count). The van der Waals surface area contributed by atoms with Gasteiger partial charge in [0.25, 0.3) is 5.91 Å². The molecule has 0 spiro atoms. The number of likely N-dealkylation sites (N-methyl/N-ethyl adjacent to an activating group) is 1. The van der Waals surface area contributed by atoms with Crippen molar-refractivity contribution in [3.8, 4) is 6.07 Å². The Morgan fingerprint density at radius 1 is 1.40 bits per heavy atom. The maximum atomic E-state index is 12.6. The van der Waals surface area contributed by atoms with Crippen molar-refractivity contribution in [3.05, 3.63) is 58.7 Å². The maximum Gasteiger partial charge on any atom is 0.264 e. The van der Waals surface area contributed by atoms with Gasteiger partial charge in [0.1, 0.15) is 11.6 Å². The number of nitrogens with zero attached hydrogens (tertiary/aromatic N) is 4. The number of nitriles is 1. The maximum absolute atomic E-state index is 12.6. The zero-order valence-corrected chi connectivity index (χ0v) is 15.3. The van der Waals surface area contributed by atoms with Crippen LogP contribution in [0.25, 0.3) is 6.08 Å². The lowest BCUT2D eigenvalue weighted by molar-refractivity contribution is -0.125. The van der Waals surface area contributed by atoms with Crippen molar-refractivity contribution in [1.29, 1.82) is 5.26 Å². The Labute approximate surface area is 149 Å². The predicted molar refractivity (Wildman–Crippen MR) is 98.5 cm³/mol. The molecule has 0 bridgehead atoms. The topological polar surface area (TPSA) is 61.9 Å². The van der Waals surface area contributed by atoms with Gasteiger partial charge in [-0.1, -0.05) is 13.0 Å². The molecule has 2 aromatic heterocycles. The molecule has 1 amide bonds. The molecule has 0 atom stereocenters. The van der Waals surface area contributed by atoms with Gasteiger partial charge in [-0.3, -0.25) is 9.78 Å². The highest BCUT2D eigenvalue weighted by atomic mass is 16.2. The first-order valence-electron chi connectivity index (χ1n) is 8.41. The van der Waals surface area contributed by atoms with Gasteiger partial charge in [-0.05, 0) is 50.1 Å². The molecule has 130 valence electrons. The van der Waals surface area contributed by atoms with E-state index in [2.05, 4.69) is 16.5 Å². The largest absolute Gasteiger partial charge is 0.349 e. The highest BCUT2D eigenvalue weighted by molar-refractivity contribution is 6.01. The average molecular weight is 336 g/mol. The zero-order valence-electron chi connectivity index (χ0n) is 15.3. The average Bonchev–Trinajstić information content (AvgIpc) is 2.87. The highest BCUT2D eigenvalue weighted by Crippen LogP contribution is 2.19. The summed E-state index contributed by atoms with van der Waals surface area (Å²) in [7, 11) is 1.68. The fourth-order valence-electron chi connectivity index (χ4n) is 2.85. The Morgan fingerprint density at radius 3 is 2.76 bits per heavy atom. The van der Waals surface area contributed by atoms with Crippen molar-refractivity contribution in [2.75, 3.05) is 7.05 Å². The summed E-state index contributed by atoms with van der Waals surface area (Å²) >= 11 is 0. The van der Waals surface area contributed by atoms with E-state index in [1.165, 1.54) is 4.90 Å². The second-order valence-electron chi connectivity index (χ2n) is 6.13. The Balaban J connectivity index is 2.24. The van der Waals surface area contributed by atoms with Gasteiger partial charge in [0.05, 0.1) is 12.2 Å². The van der Waals surface area contributed by atoms with Gasteiger partial charge in [-0.25, -0.2) is 0 Å². The van der Waals surface area contributed by atoms with E-state index in [1.54, 1.807) is 19.3 Å². The number of pyridine rings is 1. The number of hydrogen-bond donors (Lipinski definition) is 0. The third-order valence-electron chi connectivity index (χ3n) is 4.18. The smallest absolute Gasteiger partial charge is 0.264 e. The van der Waals surface area contributed by atoms with E-state index in [1.807, 2.05) is 44.2 Å². The summed E-state index contributed by atoms with van der Waals surface area (Å²) in [4.78, 5) is 18.3. The van der Waals surface area contributed by atoms with Gasteiger partial charge in [0.15, 0.2) is 0 Å². The fraction of sp³-hybridized carbons (Fsp3) is 0.350. The first kappa shape index (κ1) is 18.5. The molecule has 5 nitrogen and oxygen atoms in total. The molecule has 0 aliphatic rings. The summed E-state index contributed by atoms with van der Waals surface area (Å²) in [6.45, 7) is 7.49. The quantitative estimate of drug-likeness (QED) is 0.599. The zero-order chi connectivity index (χ0) is 18.4. The van der Waals surface area contributed by atoms with Gasteiger partial charge in [0, 0.05) is 31.2 Å². The lowest BCUT2D eigenvalue weighted by Gasteiger charge is -2.16. The minimum atomic E-state index is -0.298. The highest BCUT2D eigenvalue weighted by Gasteiger charge is 2.17. The monoisotopic (exact) mass is 336 g/mol. The molecule has 0 saturated heterocycles. The van der Waals surface area contributed by atoms with Crippen LogP contribution in [0, 0.1) is 25.2 Å². The Kier molecular flexibility index (Phi) is 6.13. The molecule has 2 heterocycles. The van der Waals surface area contributed by atoms with E-state index in [4.69, 9.17) is 0 Å². The fourth-order valence-corrected chi connectivity index (χ4v) is 2.85. The molecule has 0 aliphatic carbocycles. The summed E-state index contributed by atoms with van der Waals surface area (Å²) in [5.41, 5.74) is 4.05. The van der Waals surface area contributed by atoms with Crippen molar-refractivity contribution in [1.82, 2.24) is 14.5 Å². The second kappa shape index (κ2) is 8.29. The molecule has 0 saturated carbocycles. The lowest BCUT2D eigenvalue weighted by Crippen LogP contribution is -2.27. The third kappa shape index (κ3) is 4.36. The van der Waals surface area contributed by atoms with Crippen molar-refractivity contribution in [2.45, 2.75) is 40.3 Å². The van der Waals surface area contributed by atoms with Gasteiger partial charge < -0.3 is 9.47 Å². The van der Waals surface area contributed by atoms with Crippen LogP contribution in [-0.2, 0) is 17.9 Å². The molecular formula is C20H24N4O. The number of carbonyl (C=O) groups excluding carboxylic acids is 1. The van der Waals surface area contributed by atoms with Crippen LogP contribution in [0.4, 0.5) is 0 Å². The first-order valence-corrected chi connectivity index (χ1v) is 8.41. The van der Waals surface area contributed by atoms with Gasteiger partial charge >= 0.3 is 0 Å². The number of carbonyl (C=O) groups is 1. The van der Waals surface area contributed by atoms with Gasteiger partial charge in [0.2, 0.25) is 0 Å². The van der Waals surface area contributed by atoms with E-state index in [9.17, 15) is 10.1 Å². The molecule has 2 aromatic rings. The molecule has 0 unspecified atom stereocenters. The second-order valence-corrected chi connectivity index (χ2v) is 6.13. The summed E-state index contributed by atoms with van der Waals surface area (Å²) in [5.74, 6) is -0.298. The summed E-state index contributed by atoms with van der Waals surface area (Å²) in [6, 6.07) is 9.64. The Bertz CT molecular complexity index is 812. The number of hydrogen-bond acceptors (Lipinski definition) is 3. The number of aromatic nitrogens is 2. The standard InChI is InChI=1S/C20H24N4O/c1-5-10-24-15(2)11-17(16(24)3)12-18(13-21)20(25)23(4)14-19-8-6-7-9-22-19/h6-9,11-12H,5,10,14H2,1-4H3. The van der Waals surface area contributed by atoms with E-state index in [-0.39, 0.29) is 11.5 Å². The first-order chi connectivity index (χ1) is 12.0. The summed E-state index contributed by atoms with van der Waals surface area (Å²) in [6.07, 6.45) is 4.42. The summed E-state index contributed by atoms with van der Waals surface area (Å²) in [5, 5.41) is 9.45. The molecule has 5 heteroatoms. The molecule has 0 radical (unpaired) electrons. The van der Waals surface area contributed by atoms with Crippen LogP contribution in [0.5, 0.6) is 0 Å². The van der Waals surface area contributed by atoms with Crippen LogP contribution in [-0.4, -0.2) is 27.4 Å². The van der Waals surface area contributed by atoms with Gasteiger partial charge in [-0.15, -0.1) is 0 Å². The van der Waals surface area contributed by atoms with Crippen LogP contribution in [0.1, 0.15) is 36.0 Å². The van der Waals surface area contributed by atoms with Gasteiger partial charge in [-0.2, -0.15) is 5.26 Å². The van der Waals surface area contributed by atoms with E-state index < -0.39 is 0 Å². The summed E-state index contributed by atoms with van der Waals surface area (Å²) < 4.78 is 2.21. The Morgan fingerprint density at radius 2 is 2.16 bits per heavy atom. The number of rotatable bonds is 6. The SMILES string of the molecule is CCCn1c(C)cc(C=C(C#N)C(=O)N(C)Cc2ccccn2)c1C. The minimum Gasteiger partial charge on any atom is -0.349 e. The van der Waals surface area contributed by atoms with Crippen LogP contribution < -0.4 is 0 Å². The lowest BCUT2D eigenvalue weighted by atomic mass is 10.1. The van der Waals surface area contributed by atoms with E-state index >= 15 is 0 Å². The van der Waals surface area contributed by atoms with Crippen LogP contribution in [0.2, 0.25) is 0 Å². The van der Waals surface area contributed by atoms with E-state index in [0.29, 0.717) is 6.54 Å². The van der Waals surface area contributed by atoms with Crippen LogP contribution in [0.3, 0.4) is 0 Å². The molecule has 0 N–H and O–H groups in total. The molecule has 0 aromatic carbocycles. The molecule has 0 fully saturated rings. The van der Waals surface area contributed by atoms with Crippen molar-refractivity contribution >= 4 is 12.0 Å². The van der Waals surface area contributed by atoms with Crippen LogP contribution in [0.15, 0.2) is 36.0 Å².